The molecule has 34 heavy (non-hydrogen) atoms. The Morgan fingerprint density at radius 1 is 1.06 bits per heavy atom. The van der Waals surface area contributed by atoms with Crippen LogP contribution >= 0.6 is 0 Å². The van der Waals surface area contributed by atoms with Crippen molar-refractivity contribution in [3.05, 3.63) is 0 Å². The summed E-state index contributed by atoms with van der Waals surface area (Å²) in [7, 11) is -4.76. The van der Waals surface area contributed by atoms with E-state index in [1.807, 2.05) is 6.92 Å². The Morgan fingerprint density at radius 3 is 2.35 bits per heavy atom. The first-order valence-electron chi connectivity index (χ1n) is 11.4. The van der Waals surface area contributed by atoms with E-state index in [0.29, 0.717) is 32.2 Å². The van der Waals surface area contributed by atoms with Crippen LogP contribution in [0.15, 0.2) is 0 Å². The van der Waals surface area contributed by atoms with E-state index < -0.39 is 39.6 Å². The van der Waals surface area contributed by atoms with Crippen molar-refractivity contribution in [2.45, 2.75) is 88.5 Å². The first-order chi connectivity index (χ1) is 16.0. The van der Waals surface area contributed by atoms with Crippen molar-refractivity contribution in [1.29, 1.82) is 0 Å². The summed E-state index contributed by atoms with van der Waals surface area (Å²) in [6.45, 7) is 2.40. The number of imide groups is 1. The van der Waals surface area contributed by atoms with Gasteiger partial charge in [-0.2, -0.15) is 8.42 Å². The molecule has 3 atom stereocenters. The number of carbonyl (C=O) groups is 5. The molecule has 0 saturated carbocycles. The number of unbranched alkanes of at least 4 members (excludes halogenated alkanes) is 4. The number of hydrogen-bond acceptors (Lipinski definition) is 8. The zero-order chi connectivity index (χ0) is 25.3. The molecule has 13 nitrogen and oxygen atoms in total. The van der Waals surface area contributed by atoms with Gasteiger partial charge in [0.05, 0.1) is 12.5 Å². The number of nitrogens with one attached hydrogen (secondary N) is 3. The van der Waals surface area contributed by atoms with E-state index in [9.17, 15) is 32.4 Å². The van der Waals surface area contributed by atoms with Crippen LogP contribution in [0.25, 0.3) is 0 Å². The average Bonchev–Trinajstić information content (AvgIpc) is 3.22. The highest BCUT2D eigenvalue weighted by atomic mass is 32.2. The minimum absolute atomic E-state index is 0.0527. The molecular formula is C20H32N4O9S. The van der Waals surface area contributed by atoms with Crippen molar-refractivity contribution >= 4 is 39.8 Å². The molecule has 192 valence electrons. The van der Waals surface area contributed by atoms with E-state index >= 15 is 0 Å². The monoisotopic (exact) mass is 504 g/mol. The highest BCUT2D eigenvalue weighted by Crippen LogP contribution is 2.20. The number of carbonyl (C=O) groups excluding carboxylic acids is 5. The normalized spacial score (nSPS) is 22.5. The van der Waals surface area contributed by atoms with Crippen LogP contribution in [0.3, 0.4) is 0 Å². The molecule has 0 aromatic carbocycles. The van der Waals surface area contributed by atoms with Crippen LogP contribution in [-0.4, -0.2) is 71.6 Å². The van der Waals surface area contributed by atoms with Gasteiger partial charge >= 0.3 is 12.0 Å². The summed E-state index contributed by atoms with van der Waals surface area (Å²) in [5, 5.41) is 6.60. The van der Waals surface area contributed by atoms with E-state index in [2.05, 4.69) is 20.8 Å². The molecule has 2 aliphatic heterocycles. The Labute approximate surface area is 198 Å². The largest absolute Gasteiger partial charge is 0.356 e. The summed E-state index contributed by atoms with van der Waals surface area (Å²) in [4.78, 5) is 63.0. The number of hydroxylamine groups is 2. The SMILES string of the molecule is C[C@@H]1NC(=O)N[C@@H]1CCCCCC(=O)NCCCCCC(=O)ON1C(=O)CC(S(=O)(=O)O)C1=O. The second-order valence-corrected chi connectivity index (χ2v) is 10.1. The predicted octanol–water partition coefficient (Wildman–Crippen LogP) is 0.157. The summed E-state index contributed by atoms with van der Waals surface area (Å²) < 4.78 is 31.1. The van der Waals surface area contributed by atoms with Gasteiger partial charge in [-0.1, -0.05) is 19.3 Å². The van der Waals surface area contributed by atoms with Crippen LogP contribution in [0.4, 0.5) is 4.79 Å². The predicted molar refractivity (Wildman–Crippen MR) is 117 cm³/mol. The lowest BCUT2D eigenvalue weighted by atomic mass is 10.0. The van der Waals surface area contributed by atoms with Crippen molar-refractivity contribution in [1.82, 2.24) is 21.0 Å². The molecule has 0 radical (unpaired) electrons. The summed E-state index contributed by atoms with van der Waals surface area (Å²) in [5.74, 6) is -3.23. The van der Waals surface area contributed by atoms with Crippen molar-refractivity contribution in [3.8, 4) is 0 Å². The average molecular weight is 505 g/mol. The van der Waals surface area contributed by atoms with Gasteiger partial charge in [-0.15, -0.1) is 5.06 Å². The summed E-state index contributed by atoms with van der Waals surface area (Å²) in [5.41, 5.74) is 0. The Bertz CT molecular complexity index is 892. The lowest BCUT2D eigenvalue weighted by Gasteiger charge is -2.13. The Kier molecular flexibility index (Phi) is 10.2. The molecule has 2 rings (SSSR count). The molecule has 0 aliphatic carbocycles. The molecule has 0 aromatic rings. The van der Waals surface area contributed by atoms with Gasteiger partial charge < -0.3 is 20.8 Å². The third-order valence-electron chi connectivity index (χ3n) is 5.69. The van der Waals surface area contributed by atoms with Crippen molar-refractivity contribution in [2.24, 2.45) is 0 Å². The lowest BCUT2D eigenvalue weighted by Crippen LogP contribution is -2.36. The molecule has 2 heterocycles. The zero-order valence-corrected chi connectivity index (χ0v) is 19.9. The van der Waals surface area contributed by atoms with Gasteiger partial charge in [0.25, 0.3) is 21.9 Å². The number of hydrogen-bond donors (Lipinski definition) is 4. The Balaban J connectivity index is 1.48. The maximum absolute atomic E-state index is 11.9. The summed E-state index contributed by atoms with van der Waals surface area (Å²) in [6.07, 6.45) is 4.57. The number of amides is 5. The van der Waals surface area contributed by atoms with Gasteiger partial charge in [0, 0.05) is 25.4 Å². The minimum atomic E-state index is -4.76. The number of rotatable bonds is 14. The van der Waals surface area contributed by atoms with Crippen LogP contribution in [0, 0.1) is 0 Å². The number of nitrogens with zero attached hydrogens (tertiary/aromatic N) is 1. The fraction of sp³-hybridized carbons (Fsp3) is 0.750. The van der Waals surface area contributed by atoms with Gasteiger partial charge in [0.1, 0.15) is 0 Å². The van der Waals surface area contributed by atoms with Gasteiger partial charge in [-0.25, -0.2) is 9.59 Å². The molecule has 0 aromatic heterocycles. The topological polar surface area (TPSA) is 188 Å². The molecule has 0 spiro atoms. The molecule has 2 aliphatic rings. The zero-order valence-electron chi connectivity index (χ0n) is 19.1. The lowest BCUT2D eigenvalue weighted by molar-refractivity contribution is -0.197. The van der Waals surface area contributed by atoms with Crippen LogP contribution in [0.1, 0.15) is 71.1 Å². The smallest absolute Gasteiger partial charge is 0.333 e. The highest BCUT2D eigenvalue weighted by Gasteiger charge is 2.48. The molecule has 0 bridgehead atoms. The Morgan fingerprint density at radius 2 is 1.74 bits per heavy atom. The van der Waals surface area contributed by atoms with E-state index in [1.54, 1.807) is 0 Å². The van der Waals surface area contributed by atoms with E-state index in [-0.39, 0.29) is 35.5 Å². The van der Waals surface area contributed by atoms with Crippen LogP contribution in [-0.2, 0) is 34.1 Å². The van der Waals surface area contributed by atoms with Gasteiger partial charge in [0.2, 0.25) is 5.91 Å². The van der Waals surface area contributed by atoms with E-state index in [0.717, 1.165) is 25.7 Å². The van der Waals surface area contributed by atoms with Crippen molar-refractivity contribution < 1.29 is 41.8 Å². The van der Waals surface area contributed by atoms with Crippen LogP contribution in [0.5, 0.6) is 0 Å². The highest BCUT2D eigenvalue weighted by molar-refractivity contribution is 7.87. The van der Waals surface area contributed by atoms with E-state index in [4.69, 9.17) is 4.55 Å². The van der Waals surface area contributed by atoms with Gasteiger partial charge in [-0.3, -0.25) is 18.9 Å². The maximum Gasteiger partial charge on any atom is 0.333 e. The molecule has 2 saturated heterocycles. The van der Waals surface area contributed by atoms with E-state index in [1.165, 1.54) is 0 Å². The standard InChI is InChI=1S/C20H32N4O9S/c1-13-14(23-20(29)22-13)8-4-2-5-9-16(25)21-11-7-3-6-10-18(27)33-24-17(26)12-15(19(24)28)34(30,31)32/h13-15H,2-12H2,1H3,(H,21,25)(H2,22,23,29)(H,30,31,32)/t13-,14+,15?/m0/s1. The second-order valence-electron chi connectivity index (χ2n) is 8.47. The minimum Gasteiger partial charge on any atom is -0.356 e. The fourth-order valence-electron chi connectivity index (χ4n) is 3.74. The van der Waals surface area contributed by atoms with Crippen LogP contribution in [0.2, 0.25) is 0 Å². The first kappa shape index (κ1) is 27.5. The van der Waals surface area contributed by atoms with Gasteiger partial charge in [-0.05, 0) is 32.6 Å². The summed E-state index contributed by atoms with van der Waals surface area (Å²) in [6, 6.07) is 0.100. The van der Waals surface area contributed by atoms with Crippen LogP contribution < -0.4 is 16.0 Å². The quantitative estimate of drug-likeness (QED) is 0.145. The Hall–Kier alpha value is -2.74. The van der Waals surface area contributed by atoms with Crippen molar-refractivity contribution in [2.75, 3.05) is 6.54 Å². The second kappa shape index (κ2) is 12.6. The first-order valence-corrected chi connectivity index (χ1v) is 12.9. The van der Waals surface area contributed by atoms with Gasteiger partial charge in [0.15, 0.2) is 5.25 Å². The molecule has 4 N–H and O–H groups in total. The summed E-state index contributed by atoms with van der Waals surface area (Å²) >= 11 is 0. The third kappa shape index (κ3) is 8.56. The fourth-order valence-corrected chi connectivity index (χ4v) is 4.44. The maximum atomic E-state index is 11.9. The molecular weight excluding hydrogens is 472 g/mol. The molecule has 1 unspecified atom stereocenters. The molecule has 5 amide bonds. The third-order valence-corrected chi connectivity index (χ3v) is 6.78. The number of urea groups is 1. The molecule has 2 fully saturated rings. The molecule has 14 heteroatoms. The van der Waals surface area contributed by atoms with Crippen molar-refractivity contribution in [3.63, 3.8) is 0 Å².